The molecule has 0 aliphatic carbocycles. The fourth-order valence-electron chi connectivity index (χ4n) is 3.69. The predicted molar refractivity (Wildman–Crippen MR) is 124 cm³/mol. The van der Waals surface area contributed by atoms with Crippen molar-refractivity contribution in [2.45, 2.75) is 33.5 Å². The zero-order valence-electron chi connectivity index (χ0n) is 18.2. The van der Waals surface area contributed by atoms with E-state index in [1.807, 2.05) is 25.1 Å². The smallest absolute Gasteiger partial charge is 0.339 e. The largest absolute Gasteiger partial charge is 0.489 e. The van der Waals surface area contributed by atoms with Crippen LogP contribution in [0.4, 0.5) is 0 Å². The molecule has 0 aliphatic rings. The van der Waals surface area contributed by atoms with E-state index < -0.39 is 0 Å². The van der Waals surface area contributed by atoms with Crippen LogP contribution in [-0.2, 0) is 19.7 Å². The van der Waals surface area contributed by atoms with Crippen LogP contribution in [0.25, 0.3) is 11.0 Å². The van der Waals surface area contributed by atoms with E-state index in [1.165, 1.54) is 11.1 Å². The minimum atomic E-state index is -0.296. The van der Waals surface area contributed by atoms with Gasteiger partial charge in [0.05, 0.1) is 0 Å². The van der Waals surface area contributed by atoms with E-state index in [0.29, 0.717) is 23.5 Å². The molecule has 31 heavy (non-hydrogen) atoms. The molecule has 0 amide bonds. The van der Waals surface area contributed by atoms with Gasteiger partial charge in [-0.15, -0.1) is 0 Å². The van der Waals surface area contributed by atoms with Gasteiger partial charge in [0.2, 0.25) is 0 Å². The van der Waals surface area contributed by atoms with Gasteiger partial charge in [0.15, 0.2) is 0 Å². The van der Waals surface area contributed by atoms with Crippen LogP contribution in [0, 0.1) is 13.8 Å². The molecule has 1 heterocycles. The lowest BCUT2D eigenvalue weighted by Crippen LogP contribution is -2.17. The number of hydrogen-bond acceptors (Lipinski definition) is 4. The van der Waals surface area contributed by atoms with Gasteiger partial charge in [0.25, 0.3) is 0 Å². The molecule has 1 aromatic heterocycles. The maximum absolute atomic E-state index is 11.9. The maximum atomic E-state index is 11.9. The number of aryl methyl sites for hydroxylation is 1. The fourth-order valence-corrected chi connectivity index (χ4v) is 3.69. The number of ether oxygens (including phenoxy) is 1. The molecule has 158 valence electrons. The van der Waals surface area contributed by atoms with Gasteiger partial charge in [-0.3, -0.25) is 4.90 Å². The summed E-state index contributed by atoms with van der Waals surface area (Å²) >= 11 is 0. The van der Waals surface area contributed by atoms with Crippen LogP contribution in [0.3, 0.4) is 0 Å². The second-order valence-electron chi connectivity index (χ2n) is 8.06. The monoisotopic (exact) mass is 413 g/mol. The number of nitrogens with zero attached hydrogens (tertiary/aromatic N) is 1. The third-order valence-corrected chi connectivity index (χ3v) is 5.60. The normalized spacial score (nSPS) is 11.2. The van der Waals surface area contributed by atoms with Crippen LogP contribution in [0.15, 0.2) is 82.0 Å². The number of hydrogen-bond donors (Lipinski definition) is 0. The van der Waals surface area contributed by atoms with Crippen LogP contribution in [0.1, 0.15) is 27.8 Å². The lowest BCUT2D eigenvalue weighted by atomic mass is 10.1. The van der Waals surface area contributed by atoms with Crippen molar-refractivity contribution >= 4 is 11.0 Å². The molecule has 4 nitrogen and oxygen atoms in total. The summed E-state index contributed by atoms with van der Waals surface area (Å²) < 4.78 is 11.4. The number of benzene rings is 3. The Balaban J connectivity index is 1.37. The molecule has 0 aliphatic heterocycles. The molecular formula is C27H27NO3. The first-order chi connectivity index (χ1) is 15.0. The topological polar surface area (TPSA) is 42.7 Å². The highest BCUT2D eigenvalue weighted by Gasteiger charge is 2.09. The first kappa shape index (κ1) is 20.9. The van der Waals surface area contributed by atoms with Crippen molar-refractivity contribution in [2.75, 3.05) is 7.05 Å². The predicted octanol–water partition coefficient (Wildman–Crippen LogP) is 5.62. The third-order valence-electron chi connectivity index (χ3n) is 5.60. The molecule has 4 aromatic rings. The standard InChI is InChI=1S/C27H27NO3/c1-19-20(2)27(29)31-26-15-24(13-14-25(19)26)30-18-23-11-9-22(10-12-23)17-28(3)16-21-7-5-4-6-8-21/h4-15H,16-18H2,1-3H3. The minimum Gasteiger partial charge on any atom is -0.489 e. The van der Waals surface area contributed by atoms with Gasteiger partial charge >= 0.3 is 5.63 Å². The molecule has 0 spiro atoms. The van der Waals surface area contributed by atoms with Gasteiger partial charge in [0.1, 0.15) is 17.9 Å². The summed E-state index contributed by atoms with van der Waals surface area (Å²) in [5.41, 5.74) is 5.53. The van der Waals surface area contributed by atoms with Crippen molar-refractivity contribution in [1.82, 2.24) is 4.90 Å². The van der Waals surface area contributed by atoms with Gasteiger partial charge in [0, 0.05) is 30.1 Å². The van der Waals surface area contributed by atoms with Gasteiger partial charge in [-0.2, -0.15) is 0 Å². The SMILES string of the molecule is Cc1c(C)c2ccc(OCc3ccc(CN(C)Cc4ccccc4)cc3)cc2oc1=O. The van der Waals surface area contributed by atoms with Crippen molar-refractivity contribution in [3.05, 3.63) is 111 Å². The van der Waals surface area contributed by atoms with E-state index >= 15 is 0 Å². The molecule has 4 heteroatoms. The zero-order valence-corrected chi connectivity index (χ0v) is 18.2. The van der Waals surface area contributed by atoms with Crippen LogP contribution in [-0.4, -0.2) is 11.9 Å². The van der Waals surface area contributed by atoms with E-state index in [-0.39, 0.29) is 5.63 Å². The average Bonchev–Trinajstić information content (AvgIpc) is 2.77. The fraction of sp³-hybridized carbons (Fsp3) is 0.222. The quantitative estimate of drug-likeness (QED) is 0.369. The van der Waals surface area contributed by atoms with E-state index in [1.54, 1.807) is 13.0 Å². The summed E-state index contributed by atoms with van der Waals surface area (Å²) in [6, 6.07) is 24.6. The Hall–Kier alpha value is -3.37. The van der Waals surface area contributed by atoms with E-state index in [2.05, 4.69) is 60.5 Å². The molecule has 0 N–H and O–H groups in total. The first-order valence-corrected chi connectivity index (χ1v) is 10.5. The van der Waals surface area contributed by atoms with E-state index in [0.717, 1.165) is 29.6 Å². The Kier molecular flexibility index (Phi) is 6.19. The summed E-state index contributed by atoms with van der Waals surface area (Å²) in [7, 11) is 2.13. The first-order valence-electron chi connectivity index (χ1n) is 10.5. The molecule has 0 saturated carbocycles. The van der Waals surface area contributed by atoms with Crippen LogP contribution >= 0.6 is 0 Å². The Morgan fingerprint density at radius 2 is 1.45 bits per heavy atom. The van der Waals surface area contributed by atoms with Gasteiger partial charge in [-0.1, -0.05) is 54.6 Å². The molecule has 0 atom stereocenters. The van der Waals surface area contributed by atoms with Crippen molar-refractivity contribution in [3.63, 3.8) is 0 Å². The molecular weight excluding hydrogens is 386 g/mol. The molecule has 4 rings (SSSR count). The maximum Gasteiger partial charge on any atom is 0.339 e. The highest BCUT2D eigenvalue weighted by atomic mass is 16.5. The van der Waals surface area contributed by atoms with Crippen molar-refractivity contribution < 1.29 is 9.15 Å². The van der Waals surface area contributed by atoms with Crippen LogP contribution in [0.2, 0.25) is 0 Å². The molecule has 0 radical (unpaired) electrons. The zero-order chi connectivity index (χ0) is 21.8. The van der Waals surface area contributed by atoms with Crippen molar-refractivity contribution in [2.24, 2.45) is 0 Å². The second-order valence-corrected chi connectivity index (χ2v) is 8.06. The van der Waals surface area contributed by atoms with Crippen LogP contribution < -0.4 is 10.4 Å². The highest BCUT2D eigenvalue weighted by Crippen LogP contribution is 2.24. The second kappa shape index (κ2) is 9.19. The Bertz CT molecular complexity index is 1230. The van der Waals surface area contributed by atoms with Gasteiger partial charge < -0.3 is 9.15 Å². The lowest BCUT2D eigenvalue weighted by Gasteiger charge is -2.17. The molecule has 0 bridgehead atoms. The molecule has 0 saturated heterocycles. The lowest BCUT2D eigenvalue weighted by molar-refractivity contribution is 0.305. The highest BCUT2D eigenvalue weighted by molar-refractivity contribution is 5.82. The molecule has 0 fully saturated rings. The Labute approximate surface area is 182 Å². The molecule has 3 aromatic carbocycles. The van der Waals surface area contributed by atoms with Gasteiger partial charge in [-0.25, -0.2) is 4.79 Å². The summed E-state index contributed by atoms with van der Waals surface area (Å²) in [5, 5.41) is 0.938. The van der Waals surface area contributed by atoms with Crippen molar-refractivity contribution in [1.29, 1.82) is 0 Å². The number of rotatable bonds is 7. The summed E-state index contributed by atoms with van der Waals surface area (Å²) in [6.07, 6.45) is 0. The Morgan fingerprint density at radius 3 is 2.16 bits per heavy atom. The summed E-state index contributed by atoms with van der Waals surface area (Å²) in [4.78, 5) is 14.2. The van der Waals surface area contributed by atoms with Crippen LogP contribution in [0.5, 0.6) is 5.75 Å². The average molecular weight is 414 g/mol. The van der Waals surface area contributed by atoms with Crippen molar-refractivity contribution in [3.8, 4) is 5.75 Å². The van der Waals surface area contributed by atoms with E-state index in [9.17, 15) is 4.79 Å². The Morgan fingerprint density at radius 1 is 0.806 bits per heavy atom. The third kappa shape index (κ3) is 5.04. The number of fused-ring (bicyclic) bond motifs is 1. The van der Waals surface area contributed by atoms with Gasteiger partial charge in [-0.05, 0) is 55.3 Å². The molecule has 0 unspecified atom stereocenters. The summed E-state index contributed by atoms with van der Waals surface area (Å²) in [6.45, 7) is 5.99. The minimum absolute atomic E-state index is 0.296. The summed E-state index contributed by atoms with van der Waals surface area (Å²) in [5.74, 6) is 0.686. The van der Waals surface area contributed by atoms with E-state index in [4.69, 9.17) is 9.15 Å².